The first kappa shape index (κ1) is 21.9. The molecule has 0 radical (unpaired) electrons. The number of nitrogens with one attached hydrogen (secondary N) is 1. The zero-order valence-electron chi connectivity index (χ0n) is 18.1. The number of nitrogens with zero attached hydrogens (tertiary/aromatic N) is 2. The van der Waals surface area contributed by atoms with Crippen molar-refractivity contribution in [1.82, 2.24) is 9.78 Å². The molecule has 6 nitrogen and oxygen atoms in total. The molecular formula is C25H22ClN3O3S2. The van der Waals surface area contributed by atoms with Gasteiger partial charge < -0.3 is 14.7 Å². The van der Waals surface area contributed by atoms with Crippen LogP contribution < -0.4 is 10.5 Å². The van der Waals surface area contributed by atoms with E-state index < -0.39 is 0 Å². The minimum atomic E-state index is -0.364. The van der Waals surface area contributed by atoms with Crippen molar-refractivity contribution >= 4 is 40.4 Å². The standard InChI is InChI=1S/C25H22ClN3O3S2/c26-19-3-1-2-4-20(19)34-22-23(30)27-29(24(22)31)21(17-9-10-33-11-17)16-5-7-18(8-6-16)28-12-25(13-28)14-32-15-25/h1-11,21,31H,12-15H2,(H,27,30). The van der Waals surface area contributed by atoms with Crippen LogP contribution in [0.15, 0.2) is 79.9 Å². The molecule has 2 aromatic heterocycles. The maximum Gasteiger partial charge on any atom is 0.282 e. The molecule has 0 amide bonds. The molecule has 1 unspecified atom stereocenters. The molecule has 4 heterocycles. The highest BCUT2D eigenvalue weighted by Gasteiger charge is 2.49. The molecule has 2 saturated heterocycles. The van der Waals surface area contributed by atoms with Gasteiger partial charge in [-0.3, -0.25) is 9.89 Å². The first-order valence-electron chi connectivity index (χ1n) is 10.9. The molecule has 2 N–H and O–H groups in total. The molecule has 2 fully saturated rings. The Balaban J connectivity index is 1.33. The molecule has 6 rings (SSSR count). The van der Waals surface area contributed by atoms with Gasteiger partial charge in [-0.15, -0.1) is 0 Å². The van der Waals surface area contributed by atoms with Gasteiger partial charge in [0, 0.05) is 23.7 Å². The van der Waals surface area contributed by atoms with E-state index in [0.29, 0.717) is 15.3 Å². The maximum atomic E-state index is 12.9. The molecule has 0 aliphatic carbocycles. The highest BCUT2D eigenvalue weighted by Crippen LogP contribution is 2.42. The summed E-state index contributed by atoms with van der Waals surface area (Å²) in [5.74, 6) is -0.107. The Labute approximate surface area is 209 Å². The van der Waals surface area contributed by atoms with E-state index >= 15 is 0 Å². The van der Waals surface area contributed by atoms with Crippen molar-refractivity contribution in [2.24, 2.45) is 5.41 Å². The number of aromatic nitrogens is 2. The number of H-pyrrole nitrogens is 1. The van der Waals surface area contributed by atoms with Gasteiger partial charge in [-0.05, 0) is 52.2 Å². The van der Waals surface area contributed by atoms with Crippen molar-refractivity contribution in [1.29, 1.82) is 0 Å². The zero-order chi connectivity index (χ0) is 23.3. The number of aromatic amines is 1. The van der Waals surface area contributed by atoms with Crippen LogP contribution in [0.5, 0.6) is 5.88 Å². The summed E-state index contributed by atoms with van der Waals surface area (Å²) < 4.78 is 6.93. The van der Waals surface area contributed by atoms with Gasteiger partial charge in [0.1, 0.15) is 10.9 Å². The highest BCUT2D eigenvalue weighted by atomic mass is 35.5. The zero-order valence-corrected chi connectivity index (χ0v) is 20.5. The molecule has 0 saturated carbocycles. The van der Waals surface area contributed by atoms with Gasteiger partial charge in [-0.2, -0.15) is 11.3 Å². The smallest absolute Gasteiger partial charge is 0.282 e. The summed E-state index contributed by atoms with van der Waals surface area (Å²) in [5.41, 5.74) is 3.13. The van der Waals surface area contributed by atoms with Crippen molar-refractivity contribution < 1.29 is 9.84 Å². The van der Waals surface area contributed by atoms with Gasteiger partial charge in [0.25, 0.3) is 5.56 Å². The summed E-state index contributed by atoms with van der Waals surface area (Å²) in [4.78, 5) is 16.1. The van der Waals surface area contributed by atoms with E-state index in [-0.39, 0.29) is 22.4 Å². The molecule has 9 heteroatoms. The lowest BCUT2D eigenvalue weighted by Crippen LogP contribution is -2.66. The third kappa shape index (κ3) is 3.75. The number of thiophene rings is 1. The fraction of sp³-hybridized carbons (Fsp3) is 0.240. The minimum Gasteiger partial charge on any atom is -0.493 e. The van der Waals surface area contributed by atoms with E-state index in [1.807, 2.05) is 35.0 Å². The largest absolute Gasteiger partial charge is 0.493 e. The number of rotatable bonds is 6. The predicted molar refractivity (Wildman–Crippen MR) is 136 cm³/mol. The van der Waals surface area contributed by atoms with Gasteiger partial charge in [0.15, 0.2) is 0 Å². The van der Waals surface area contributed by atoms with E-state index in [2.05, 4.69) is 34.3 Å². The summed E-state index contributed by atoms with van der Waals surface area (Å²) >= 11 is 9.02. The fourth-order valence-corrected chi connectivity index (χ4v) is 6.44. The molecular weight excluding hydrogens is 490 g/mol. The summed E-state index contributed by atoms with van der Waals surface area (Å²) in [6.07, 6.45) is 0. The number of halogens is 1. The van der Waals surface area contributed by atoms with E-state index in [1.54, 1.807) is 22.1 Å². The van der Waals surface area contributed by atoms with Crippen LogP contribution in [0, 0.1) is 5.41 Å². The molecule has 1 spiro atoms. The topological polar surface area (TPSA) is 70.5 Å². The van der Waals surface area contributed by atoms with E-state index in [4.69, 9.17) is 16.3 Å². The summed E-state index contributed by atoms with van der Waals surface area (Å²) in [6, 6.07) is 17.3. The van der Waals surface area contributed by atoms with Crippen molar-refractivity contribution in [3.8, 4) is 5.88 Å². The Bertz CT molecular complexity index is 1370. The highest BCUT2D eigenvalue weighted by molar-refractivity contribution is 7.99. The Morgan fingerprint density at radius 2 is 1.85 bits per heavy atom. The summed E-state index contributed by atoms with van der Waals surface area (Å²) in [6.45, 7) is 3.76. The van der Waals surface area contributed by atoms with Crippen LogP contribution in [-0.4, -0.2) is 41.2 Å². The maximum absolute atomic E-state index is 12.9. The normalized spacial score (nSPS) is 17.4. The number of ether oxygens (including phenoxy) is 1. The van der Waals surface area contributed by atoms with E-state index in [0.717, 1.165) is 49.2 Å². The Hall–Kier alpha value is -2.65. The predicted octanol–water partition coefficient (Wildman–Crippen LogP) is 5.22. The molecule has 4 aromatic rings. The number of anilines is 1. The lowest BCUT2D eigenvalue weighted by Gasteiger charge is -2.56. The van der Waals surface area contributed by atoms with Gasteiger partial charge in [0.05, 0.1) is 23.7 Å². The molecule has 34 heavy (non-hydrogen) atoms. The summed E-state index contributed by atoms with van der Waals surface area (Å²) in [7, 11) is 0. The van der Waals surface area contributed by atoms with Crippen molar-refractivity contribution in [3.63, 3.8) is 0 Å². The number of aromatic hydroxyl groups is 1. The average molecular weight is 512 g/mol. The average Bonchev–Trinajstić information content (AvgIpc) is 3.39. The first-order chi connectivity index (χ1) is 16.5. The van der Waals surface area contributed by atoms with Crippen LogP contribution in [0.4, 0.5) is 5.69 Å². The molecule has 2 aliphatic rings. The van der Waals surface area contributed by atoms with Gasteiger partial charge in [0.2, 0.25) is 5.88 Å². The van der Waals surface area contributed by atoms with Crippen LogP contribution in [0.1, 0.15) is 17.2 Å². The van der Waals surface area contributed by atoms with Crippen molar-refractivity contribution in [2.45, 2.75) is 15.8 Å². The van der Waals surface area contributed by atoms with Crippen LogP contribution in [0.3, 0.4) is 0 Å². The Kier molecular flexibility index (Phi) is 5.49. The van der Waals surface area contributed by atoms with Crippen LogP contribution in [0.25, 0.3) is 0 Å². The van der Waals surface area contributed by atoms with Gasteiger partial charge in [-0.1, -0.05) is 47.6 Å². The lowest BCUT2D eigenvalue weighted by molar-refractivity contribution is -0.127. The lowest BCUT2D eigenvalue weighted by atomic mass is 9.78. The first-order valence-corrected chi connectivity index (χ1v) is 13.1. The number of hydrogen-bond donors (Lipinski definition) is 2. The quantitative estimate of drug-likeness (QED) is 0.371. The van der Waals surface area contributed by atoms with Gasteiger partial charge >= 0.3 is 0 Å². The second-order valence-corrected chi connectivity index (χ2v) is 11.1. The molecule has 0 bridgehead atoms. The third-order valence-electron chi connectivity index (χ3n) is 6.47. The van der Waals surface area contributed by atoms with Crippen LogP contribution in [0.2, 0.25) is 5.02 Å². The van der Waals surface area contributed by atoms with Crippen LogP contribution >= 0.6 is 34.7 Å². The second-order valence-electron chi connectivity index (χ2n) is 8.90. The van der Waals surface area contributed by atoms with Crippen LogP contribution in [-0.2, 0) is 4.74 Å². The molecule has 2 aliphatic heterocycles. The second kappa shape index (κ2) is 8.53. The van der Waals surface area contributed by atoms with Gasteiger partial charge in [-0.25, -0.2) is 4.68 Å². The SMILES string of the molecule is O=c1[nH]n(C(c2ccc(N3CC4(COC4)C3)cc2)c2ccsc2)c(O)c1Sc1ccccc1Cl. The monoisotopic (exact) mass is 511 g/mol. The Morgan fingerprint density at radius 1 is 1.09 bits per heavy atom. The molecule has 2 aromatic carbocycles. The van der Waals surface area contributed by atoms with Crippen molar-refractivity contribution in [3.05, 3.63) is 91.9 Å². The fourth-order valence-electron chi connectivity index (χ4n) is 4.65. The number of hydrogen-bond acceptors (Lipinski definition) is 6. The minimum absolute atomic E-state index is 0.107. The third-order valence-corrected chi connectivity index (χ3v) is 8.76. The summed E-state index contributed by atoms with van der Waals surface area (Å²) in [5, 5.41) is 18.5. The van der Waals surface area contributed by atoms with E-state index in [1.165, 1.54) is 5.69 Å². The molecule has 1 atom stereocenters. The van der Waals surface area contributed by atoms with E-state index in [9.17, 15) is 9.90 Å². The number of benzene rings is 2. The Morgan fingerprint density at radius 3 is 2.50 bits per heavy atom. The van der Waals surface area contributed by atoms with Crippen molar-refractivity contribution in [2.75, 3.05) is 31.2 Å². The molecule has 174 valence electrons.